The van der Waals surface area contributed by atoms with Crippen molar-refractivity contribution in [3.05, 3.63) is 65.2 Å². The topological polar surface area (TPSA) is 74.7 Å². The molecule has 8 heteroatoms. The number of sulfonamides is 1. The van der Waals surface area contributed by atoms with E-state index in [2.05, 4.69) is 0 Å². The van der Waals surface area contributed by atoms with E-state index in [0.29, 0.717) is 0 Å². The van der Waals surface area contributed by atoms with E-state index in [1.54, 1.807) is 19.1 Å². The van der Waals surface area contributed by atoms with Gasteiger partial charge in [-0.25, -0.2) is 17.2 Å². The lowest BCUT2D eigenvalue weighted by molar-refractivity contribution is -0.146. The van der Waals surface area contributed by atoms with Crippen LogP contribution in [0.4, 0.5) is 8.78 Å². The van der Waals surface area contributed by atoms with Crippen molar-refractivity contribution in [2.45, 2.75) is 43.0 Å². The largest absolute Gasteiger partial charge is 0.481 e. The van der Waals surface area contributed by atoms with Gasteiger partial charge in [-0.2, -0.15) is 4.31 Å². The van der Waals surface area contributed by atoms with Crippen LogP contribution < -0.4 is 0 Å². The average Bonchev–Trinajstić information content (AvgIpc) is 2.63. The Balaban J connectivity index is 1.95. The molecule has 1 unspecified atom stereocenters. The minimum Gasteiger partial charge on any atom is -0.481 e. The number of carboxylic acid groups (broad SMARTS) is 1. The van der Waals surface area contributed by atoms with Gasteiger partial charge in [-0.05, 0) is 56.5 Å². The number of carboxylic acids is 1. The highest BCUT2D eigenvalue weighted by Gasteiger charge is 2.48. The fourth-order valence-corrected chi connectivity index (χ4v) is 5.44. The Morgan fingerprint density at radius 1 is 1.14 bits per heavy atom. The Bertz CT molecular complexity index is 1010. The summed E-state index contributed by atoms with van der Waals surface area (Å²) in [5.74, 6) is -3.37. The van der Waals surface area contributed by atoms with Crippen LogP contribution in [0.5, 0.6) is 0 Å². The molecule has 5 nitrogen and oxygen atoms in total. The number of benzene rings is 2. The van der Waals surface area contributed by atoms with E-state index in [1.165, 1.54) is 22.5 Å². The Labute approximate surface area is 162 Å². The van der Waals surface area contributed by atoms with Gasteiger partial charge >= 0.3 is 5.97 Å². The van der Waals surface area contributed by atoms with Crippen molar-refractivity contribution in [3.8, 4) is 0 Å². The lowest BCUT2D eigenvalue weighted by Gasteiger charge is -2.42. The maximum absolute atomic E-state index is 13.7. The summed E-state index contributed by atoms with van der Waals surface area (Å²) >= 11 is 0. The number of hydrogen-bond acceptors (Lipinski definition) is 3. The molecule has 1 saturated heterocycles. The van der Waals surface area contributed by atoms with Crippen LogP contribution in [0.1, 0.15) is 30.9 Å². The van der Waals surface area contributed by atoms with Crippen LogP contribution in [0.3, 0.4) is 0 Å². The van der Waals surface area contributed by atoms with E-state index in [0.717, 1.165) is 17.7 Å². The minimum atomic E-state index is -3.79. The quantitative estimate of drug-likeness (QED) is 0.839. The zero-order chi connectivity index (χ0) is 20.7. The standard InChI is InChI=1S/C20H21F2NO4S/c1-13-3-6-16(7-4-13)28(26,27)23-10-9-20(19(24)25,12-14(23)2)15-5-8-17(21)18(22)11-15/h3-8,11,14H,9-10,12H2,1-2H3,(H,24,25)/t14-,20?/m0/s1. The number of aliphatic carboxylic acids is 1. The predicted octanol–water partition coefficient (Wildman–Crippen LogP) is 3.47. The maximum atomic E-state index is 13.7. The zero-order valence-corrected chi connectivity index (χ0v) is 16.3. The molecule has 1 fully saturated rings. The summed E-state index contributed by atoms with van der Waals surface area (Å²) in [4.78, 5) is 12.2. The molecule has 1 aliphatic rings. The molecule has 1 heterocycles. The average molecular weight is 409 g/mol. The fraction of sp³-hybridized carbons (Fsp3) is 0.350. The molecule has 2 aromatic carbocycles. The molecule has 28 heavy (non-hydrogen) atoms. The maximum Gasteiger partial charge on any atom is 0.314 e. The molecule has 1 aliphatic heterocycles. The number of nitrogens with zero attached hydrogens (tertiary/aromatic N) is 1. The summed E-state index contributed by atoms with van der Waals surface area (Å²) in [6.45, 7) is 3.44. The van der Waals surface area contributed by atoms with Gasteiger partial charge in [0.05, 0.1) is 10.3 Å². The lowest BCUT2D eigenvalue weighted by Crippen LogP contribution is -2.53. The van der Waals surface area contributed by atoms with Crippen molar-refractivity contribution >= 4 is 16.0 Å². The highest BCUT2D eigenvalue weighted by molar-refractivity contribution is 7.89. The molecule has 0 radical (unpaired) electrons. The van der Waals surface area contributed by atoms with Crippen LogP contribution in [0.2, 0.25) is 0 Å². The molecule has 0 amide bonds. The third-order valence-electron chi connectivity index (χ3n) is 5.40. The summed E-state index contributed by atoms with van der Waals surface area (Å²) in [7, 11) is -3.79. The molecule has 0 bridgehead atoms. The molecule has 2 atom stereocenters. The molecule has 0 aromatic heterocycles. The molecule has 150 valence electrons. The van der Waals surface area contributed by atoms with Crippen molar-refractivity contribution in [1.29, 1.82) is 0 Å². The first-order valence-electron chi connectivity index (χ1n) is 8.85. The van der Waals surface area contributed by atoms with E-state index in [4.69, 9.17) is 0 Å². The third kappa shape index (κ3) is 3.42. The second kappa shape index (κ2) is 7.25. The van der Waals surface area contributed by atoms with Gasteiger partial charge in [0.25, 0.3) is 0 Å². The first-order chi connectivity index (χ1) is 13.1. The molecule has 0 saturated carbocycles. The SMILES string of the molecule is Cc1ccc(S(=O)(=O)N2CCC(C(=O)O)(c3ccc(F)c(F)c3)C[C@@H]2C)cc1. The summed E-state index contributed by atoms with van der Waals surface area (Å²) in [5.41, 5.74) is -0.417. The van der Waals surface area contributed by atoms with Gasteiger partial charge in [0.15, 0.2) is 11.6 Å². The first-order valence-corrected chi connectivity index (χ1v) is 10.3. The molecule has 3 rings (SSSR count). The van der Waals surface area contributed by atoms with Crippen LogP contribution in [0.15, 0.2) is 47.4 Å². The Hall–Kier alpha value is -2.32. The number of halogens is 2. The Morgan fingerprint density at radius 3 is 2.32 bits per heavy atom. The monoisotopic (exact) mass is 409 g/mol. The Kier molecular flexibility index (Phi) is 5.29. The number of hydrogen-bond donors (Lipinski definition) is 1. The Morgan fingerprint density at radius 2 is 1.79 bits per heavy atom. The van der Waals surface area contributed by atoms with Crippen LogP contribution in [-0.4, -0.2) is 36.4 Å². The van der Waals surface area contributed by atoms with Crippen molar-refractivity contribution in [1.82, 2.24) is 4.31 Å². The molecular weight excluding hydrogens is 388 g/mol. The van der Waals surface area contributed by atoms with Crippen molar-refractivity contribution in [2.24, 2.45) is 0 Å². The number of carbonyl (C=O) groups is 1. The second-order valence-electron chi connectivity index (χ2n) is 7.25. The van der Waals surface area contributed by atoms with Gasteiger partial charge in [0.1, 0.15) is 0 Å². The molecule has 2 aromatic rings. The lowest BCUT2D eigenvalue weighted by atomic mass is 9.71. The van der Waals surface area contributed by atoms with Crippen molar-refractivity contribution < 1.29 is 27.1 Å². The van der Waals surface area contributed by atoms with Crippen LogP contribution >= 0.6 is 0 Å². The summed E-state index contributed by atoms with van der Waals surface area (Å²) in [6.07, 6.45) is -0.0820. The van der Waals surface area contributed by atoms with Gasteiger partial charge in [-0.15, -0.1) is 0 Å². The van der Waals surface area contributed by atoms with E-state index in [1.807, 2.05) is 6.92 Å². The highest BCUT2D eigenvalue weighted by Crippen LogP contribution is 2.40. The number of piperidine rings is 1. The van der Waals surface area contributed by atoms with Gasteiger partial charge in [0.2, 0.25) is 10.0 Å². The van der Waals surface area contributed by atoms with Crippen LogP contribution in [0, 0.1) is 18.6 Å². The van der Waals surface area contributed by atoms with Gasteiger partial charge in [0, 0.05) is 12.6 Å². The van der Waals surface area contributed by atoms with Crippen LogP contribution in [0.25, 0.3) is 0 Å². The van der Waals surface area contributed by atoms with Crippen LogP contribution in [-0.2, 0) is 20.2 Å². The third-order valence-corrected chi connectivity index (χ3v) is 7.43. The summed E-state index contributed by atoms with van der Waals surface area (Å²) < 4.78 is 54.3. The van der Waals surface area contributed by atoms with Crippen molar-refractivity contribution in [2.75, 3.05) is 6.54 Å². The molecule has 1 N–H and O–H groups in total. The number of aryl methyl sites for hydroxylation is 1. The molecule has 0 spiro atoms. The van der Waals surface area contributed by atoms with Gasteiger partial charge < -0.3 is 5.11 Å². The zero-order valence-electron chi connectivity index (χ0n) is 15.5. The van der Waals surface area contributed by atoms with E-state index < -0.39 is 39.1 Å². The number of rotatable bonds is 4. The minimum absolute atomic E-state index is 0.0389. The summed E-state index contributed by atoms with van der Waals surface area (Å²) in [6, 6.07) is 8.84. The van der Waals surface area contributed by atoms with E-state index >= 15 is 0 Å². The normalized spacial score (nSPS) is 23.5. The molecule has 0 aliphatic carbocycles. The van der Waals surface area contributed by atoms with Crippen molar-refractivity contribution in [3.63, 3.8) is 0 Å². The first kappa shape index (κ1) is 20.4. The molecular formula is C20H21F2NO4S. The summed E-state index contributed by atoms with van der Waals surface area (Å²) in [5, 5.41) is 9.87. The second-order valence-corrected chi connectivity index (χ2v) is 9.14. The smallest absolute Gasteiger partial charge is 0.314 e. The predicted molar refractivity (Wildman–Crippen MR) is 99.4 cm³/mol. The van der Waals surface area contributed by atoms with Gasteiger partial charge in [-0.1, -0.05) is 23.8 Å². The van der Waals surface area contributed by atoms with E-state index in [9.17, 15) is 27.1 Å². The van der Waals surface area contributed by atoms with Gasteiger partial charge in [-0.3, -0.25) is 4.79 Å². The highest BCUT2D eigenvalue weighted by atomic mass is 32.2. The van der Waals surface area contributed by atoms with E-state index in [-0.39, 0.29) is 29.8 Å². The fourth-order valence-electron chi connectivity index (χ4n) is 3.81.